The van der Waals surface area contributed by atoms with Gasteiger partial charge in [-0.25, -0.2) is 13.8 Å². The van der Waals surface area contributed by atoms with Crippen LogP contribution in [0.4, 0.5) is 14.6 Å². The molecule has 2 aromatic rings. The Hall–Kier alpha value is -2.63. The largest absolute Gasteiger partial charge is 0.305 e. The highest BCUT2D eigenvalue weighted by Gasteiger charge is 2.33. The van der Waals surface area contributed by atoms with E-state index < -0.39 is 23.1 Å². The van der Waals surface area contributed by atoms with Gasteiger partial charge in [0.1, 0.15) is 17.2 Å². The van der Waals surface area contributed by atoms with Crippen LogP contribution in [-0.4, -0.2) is 15.9 Å². The van der Waals surface area contributed by atoms with Crippen LogP contribution in [0.2, 0.25) is 0 Å². The fourth-order valence-electron chi connectivity index (χ4n) is 4.37. The molecular weight excluding hydrogens is 348 g/mol. The van der Waals surface area contributed by atoms with E-state index >= 15 is 0 Å². The summed E-state index contributed by atoms with van der Waals surface area (Å²) in [6.07, 6.45) is 9.10. The van der Waals surface area contributed by atoms with Gasteiger partial charge in [-0.05, 0) is 62.1 Å². The summed E-state index contributed by atoms with van der Waals surface area (Å²) < 4.78 is 27.4. The van der Waals surface area contributed by atoms with Crippen LogP contribution >= 0.6 is 0 Å². The van der Waals surface area contributed by atoms with Gasteiger partial charge >= 0.3 is 0 Å². The van der Waals surface area contributed by atoms with E-state index in [1.165, 1.54) is 42.7 Å². The van der Waals surface area contributed by atoms with Crippen molar-refractivity contribution in [2.45, 2.75) is 39.0 Å². The highest BCUT2D eigenvalue weighted by atomic mass is 19.1. The second kappa shape index (κ2) is 7.18. The quantitative estimate of drug-likeness (QED) is 0.829. The van der Waals surface area contributed by atoms with Gasteiger partial charge in [0.15, 0.2) is 5.82 Å². The molecule has 6 heteroatoms. The molecule has 0 saturated heterocycles. The van der Waals surface area contributed by atoms with Crippen molar-refractivity contribution in [3.05, 3.63) is 59.1 Å². The highest BCUT2D eigenvalue weighted by Crippen LogP contribution is 2.46. The summed E-state index contributed by atoms with van der Waals surface area (Å²) in [5, 5.41) is 2.41. The van der Waals surface area contributed by atoms with Gasteiger partial charge in [0.25, 0.3) is 5.91 Å². The van der Waals surface area contributed by atoms with Crippen LogP contribution < -0.4 is 5.32 Å². The molecule has 27 heavy (non-hydrogen) atoms. The van der Waals surface area contributed by atoms with E-state index in [2.05, 4.69) is 22.2 Å². The number of carbonyl (C=O) groups is 1. The number of hydrogen-bond acceptors (Lipinski definition) is 3. The van der Waals surface area contributed by atoms with Crippen molar-refractivity contribution in [2.24, 2.45) is 11.8 Å². The molecule has 4 rings (SSSR count). The molecule has 1 fully saturated rings. The summed E-state index contributed by atoms with van der Waals surface area (Å²) >= 11 is 0. The summed E-state index contributed by atoms with van der Waals surface area (Å²) in [6.45, 7) is 2.15. The van der Waals surface area contributed by atoms with Crippen molar-refractivity contribution in [3.8, 4) is 0 Å². The van der Waals surface area contributed by atoms with Gasteiger partial charge < -0.3 is 5.32 Å². The predicted octanol–water partition coefficient (Wildman–Crippen LogP) is 4.99. The Kier molecular flexibility index (Phi) is 4.72. The number of halogens is 2. The molecule has 2 aliphatic rings. The van der Waals surface area contributed by atoms with Crippen LogP contribution in [0.1, 0.15) is 55.1 Å². The number of nitrogens with zero attached hydrogens (tertiary/aromatic N) is 2. The van der Waals surface area contributed by atoms with E-state index in [0.717, 1.165) is 42.5 Å². The maximum Gasteiger partial charge on any atom is 0.262 e. The smallest absolute Gasteiger partial charge is 0.262 e. The van der Waals surface area contributed by atoms with Crippen molar-refractivity contribution < 1.29 is 13.6 Å². The number of fused-ring (bicyclic) bond motifs is 1. The average molecular weight is 369 g/mol. The molecule has 2 atom stereocenters. The molecule has 2 aliphatic carbocycles. The second-order valence-corrected chi connectivity index (χ2v) is 7.46. The standard InChI is InChI=1S/C21H21F2N3O/c1-12-8-13-4-2-5-14(13)9-15(12)18-10-25-19(11-24-18)26-21(27)20-16(22)6-3-7-17(20)23/h3,6-7,10-11,13-14H,2,4-5,8-9H2,1H3,(H,25,26,27). The molecule has 0 radical (unpaired) electrons. The first kappa shape index (κ1) is 17.8. The maximum absolute atomic E-state index is 13.7. The van der Waals surface area contributed by atoms with Crippen LogP contribution in [0.5, 0.6) is 0 Å². The fourth-order valence-corrected chi connectivity index (χ4v) is 4.37. The lowest BCUT2D eigenvalue weighted by atomic mass is 9.77. The number of aromatic nitrogens is 2. The van der Waals surface area contributed by atoms with Crippen LogP contribution in [0.15, 0.2) is 36.2 Å². The zero-order chi connectivity index (χ0) is 19.0. The van der Waals surface area contributed by atoms with Crippen LogP contribution in [0.25, 0.3) is 5.57 Å². The lowest BCUT2D eigenvalue weighted by molar-refractivity contribution is 0.101. The summed E-state index contributed by atoms with van der Waals surface area (Å²) in [4.78, 5) is 20.8. The van der Waals surface area contributed by atoms with Gasteiger partial charge in [0, 0.05) is 0 Å². The Morgan fingerprint density at radius 2 is 1.78 bits per heavy atom. The number of anilines is 1. The molecule has 140 valence electrons. The minimum absolute atomic E-state index is 0.166. The van der Waals surface area contributed by atoms with Gasteiger partial charge in [0.05, 0.1) is 18.1 Å². The van der Waals surface area contributed by atoms with E-state index in [9.17, 15) is 13.6 Å². The molecule has 0 spiro atoms. The van der Waals surface area contributed by atoms with E-state index in [0.29, 0.717) is 0 Å². The maximum atomic E-state index is 13.7. The normalized spacial score (nSPS) is 21.9. The average Bonchev–Trinajstić information content (AvgIpc) is 3.09. The van der Waals surface area contributed by atoms with E-state index in [4.69, 9.17) is 0 Å². The minimum Gasteiger partial charge on any atom is -0.305 e. The van der Waals surface area contributed by atoms with Crippen molar-refractivity contribution >= 4 is 17.3 Å². The molecule has 0 bridgehead atoms. The van der Waals surface area contributed by atoms with Crippen LogP contribution in [-0.2, 0) is 0 Å². The Bertz CT molecular complexity index is 888. The number of rotatable bonds is 3. The van der Waals surface area contributed by atoms with E-state index in [1.807, 2.05) is 0 Å². The van der Waals surface area contributed by atoms with Gasteiger partial charge in [-0.2, -0.15) is 0 Å². The highest BCUT2D eigenvalue weighted by molar-refractivity contribution is 6.04. The monoisotopic (exact) mass is 369 g/mol. The number of allylic oxidation sites excluding steroid dienone is 2. The first-order valence-electron chi connectivity index (χ1n) is 9.29. The molecule has 1 N–H and O–H groups in total. The lowest BCUT2D eigenvalue weighted by Crippen LogP contribution is -2.18. The van der Waals surface area contributed by atoms with E-state index in [1.54, 1.807) is 6.20 Å². The number of carbonyl (C=O) groups excluding carboxylic acids is 1. The predicted molar refractivity (Wildman–Crippen MR) is 99.0 cm³/mol. The third-order valence-electron chi connectivity index (χ3n) is 5.76. The van der Waals surface area contributed by atoms with Crippen molar-refractivity contribution in [1.29, 1.82) is 0 Å². The SMILES string of the molecule is CC1=C(c2cnc(NC(=O)c3c(F)cccc3F)cn2)CC2CCCC2C1. The molecule has 1 amide bonds. The summed E-state index contributed by atoms with van der Waals surface area (Å²) in [5.41, 5.74) is 2.79. The minimum atomic E-state index is -0.911. The Labute approximate surface area is 156 Å². The number of nitrogens with one attached hydrogen (secondary N) is 1. The molecular formula is C21H21F2N3O. The van der Waals surface area contributed by atoms with Crippen molar-refractivity contribution in [3.63, 3.8) is 0 Å². The van der Waals surface area contributed by atoms with E-state index in [-0.39, 0.29) is 5.82 Å². The zero-order valence-corrected chi connectivity index (χ0v) is 15.1. The molecule has 4 nitrogen and oxygen atoms in total. The summed E-state index contributed by atoms with van der Waals surface area (Å²) in [6, 6.07) is 3.30. The summed E-state index contributed by atoms with van der Waals surface area (Å²) in [7, 11) is 0. The molecule has 1 heterocycles. The number of hydrogen-bond donors (Lipinski definition) is 1. The zero-order valence-electron chi connectivity index (χ0n) is 15.1. The molecule has 1 saturated carbocycles. The van der Waals surface area contributed by atoms with Gasteiger partial charge in [-0.1, -0.05) is 18.1 Å². The molecule has 1 aromatic heterocycles. The molecule has 2 unspecified atom stereocenters. The number of benzene rings is 1. The Morgan fingerprint density at radius 3 is 2.44 bits per heavy atom. The van der Waals surface area contributed by atoms with Crippen molar-refractivity contribution in [2.75, 3.05) is 5.32 Å². The molecule has 1 aromatic carbocycles. The first-order valence-corrected chi connectivity index (χ1v) is 9.29. The Balaban J connectivity index is 1.51. The lowest BCUT2D eigenvalue weighted by Gasteiger charge is -2.28. The van der Waals surface area contributed by atoms with Crippen LogP contribution in [0, 0.1) is 23.5 Å². The number of amides is 1. The topological polar surface area (TPSA) is 54.9 Å². The third kappa shape index (κ3) is 3.48. The van der Waals surface area contributed by atoms with Crippen molar-refractivity contribution in [1.82, 2.24) is 9.97 Å². The fraction of sp³-hybridized carbons (Fsp3) is 0.381. The van der Waals surface area contributed by atoms with Gasteiger partial charge in [-0.15, -0.1) is 0 Å². The molecule has 0 aliphatic heterocycles. The first-order chi connectivity index (χ1) is 13.0. The Morgan fingerprint density at radius 1 is 1.07 bits per heavy atom. The van der Waals surface area contributed by atoms with Crippen LogP contribution in [0.3, 0.4) is 0 Å². The van der Waals surface area contributed by atoms with Gasteiger partial charge in [0.2, 0.25) is 0 Å². The van der Waals surface area contributed by atoms with Gasteiger partial charge in [-0.3, -0.25) is 9.78 Å². The summed E-state index contributed by atoms with van der Waals surface area (Å²) in [5.74, 6) is -1.00. The third-order valence-corrected chi connectivity index (χ3v) is 5.76. The second-order valence-electron chi connectivity index (χ2n) is 7.46.